The monoisotopic (exact) mass is 519 g/mol. The summed E-state index contributed by atoms with van der Waals surface area (Å²) in [4.78, 5) is 27.5. The Bertz CT molecular complexity index is 1820. The Morgan fingerprint density at radius 2 is 1.69 bits per heavy atom. The van der Waals surface area contributed by atoms with Gasteiger partial charge in [0.2, 0.25) is 10.0 Å². The molecule has 0 amide bonds. The Morgan fingerprint density at radius 1 is 0.944 bits per heavy atom. The predicted octanol–water partition coefficient (Wildman–Crippen LogP) is 4.45. The second-order valence-corrected chi connectivity index (χ2v) is 10.9. The number of sulfonamides is 1. The van der Waals surface area contributed by atoms with E-state index in [1.165, 1.54) is 16.8 Å². The lowest BCUT2D eigenvalue weighted by Gasteiger charge is -2.17. The molecule has 2 heterocycles. The summed E-state index contributed by atoms with van der Waals surface area (Å²) < 4.78 is 32.9. The van der Waals surface area contributed by atoms with Gasteiger partial charge in [-0.3, -0.25) is 19.1 Å². The van der Waals surface area contributed by atoms with Crippen LogP contribution < -0.4 is 20.7 Å². The number of benzene rings is 3. The first kappa shape index (κ1) is 23.6. The molecule has 182 valence electrons. The molecule has 0 aliphatic rings. The maximum Gasteiger partial charge on any atom is 0.332 e. The molecule has 8 nitrogen and oxygen atoms in total. The van der Waals surface area contributed by atoms with Crippen molar-refractivity contribution in [1.82, 2.24) is 9.55 Å². The van der Waals surface area contributed by atoms with Gasteiger partial charge in [0.25, 0.3) is 5.56 Å². The van der Waals surface area contributed by atoms with Gasteiger partial charge < -0.3 is 4.74 Å². The third kappa shape index (κ3) is 4.68. The number of aromatic amines is 1. The van der Waals surface area contributed by atoms with Gasteiger partial charge in [0.05, 0.1) is 19.1 Å². The van der Waals surface area contributed by atoms with E-state index in [1.54, 1.807) is 30.6 Å². The molecule has 0 fully saturated rings. The summed E-state index contributed by atoms with van der Waals surface area (Å²) in [6, 6.07) is 20.0. The first-order valence-corrected chi connectivity index (χ1v) is 13.6. The summed E-state index contributed by atoms with van der Waals surface area (Å²) in [7, 11) is -1.78. The highest BCUT2D eigenvalue weighted by Crippen LogP contribution is 2.43. The molecular formula is C26H21N3O5S2. The maximum absolute atomic E-state index is 12.6. The van der Waals surface area contributed by atoms with Crippen molar-refractivity contribution in [3.8, 4) is 33.0 Å². The van der Waals surface area contributed by atoms with Crippen LogP contribution in [0.1, 0.15) is 0 Å². The molecule has 0 saturated carbocycles. The summed E-state index contributed by atoms with van der Waals surface area (Å²) in [5, 5.41) is 3.72. The number of nitrogens with one attached hydrogen (secondary N) is 2. The van der Waals surface area contributed by atoms with E-state index in [0.717, 1.165) is 38.6 Å². The number of hydrogen-bond acceptors (Lipinski definition) is 6. The third-order valence-corrected chi connectivity index (χ3v) is 7.13. The molecule has 0 saturated heterocycles. The highest BCUT2D eigenvalue weighted by Gasteiger charge is 2.18. The molecule has 2 aromatic heterocycles. The zero-order valence-corrected chi connectivity index (χ0v) is 20.9. The normalized spacial score (nSPS) is 11.5. The first-order chi connectivity index (χ1) is 17.2. The molecule has 0 bridgehead atoms. The van der Waals surface area contributed by atoms with Gasteiger partial charge >= 0.3 is 5.69 Å². The third-order valence-electron chi connectivity index (χ3n) is 5.62. The lowest BCUT2D eigenvalue weighted by molar-refractivity contribution is 0.418. The van der Waals surface area contributed by atoms with E-state index in [-0.39, 0.29) is 0 Å². The number of anilines is 1. The minimum Gasteiger partial charge on any atom is -0.495 e. The van der Waals surface area contributed by atoms with Crippen LogP contribution in [0.2, 0.25) is 0 Å². The Kier molecular flexibility index (Phi) is 5.99. The van der Waals surface area contributed by atoms with E-state index in [0.29, 0.717) is 17.1 Å². The van der Waals surface area contributed by atoms with Gasteiger partial charge in [-0.25, -0.2) is 13.2 Å². The second-order valence-electron chi connectivity index (χ2n) is 8.18. The van der Waals surface area contributed by atoms with Crippen LogP contribution in [0.5, 0.6) is 5.75 Å². The standard InChI is InChI=1S/C26H21N3O5S2/c1-34-25-21(18-6-5-17-13-19(28-36(2,32)33)8-7-16(17)12-18)14-20(15-22(25)23-4-3-11-35-23)29-10-9-24(30)27-26(29)31/h3-15,28H,1-2H3,(H,27,30,31). The topological polar surface area (TPSA) is 110 Å². The van der Waals surface area contributed by atoms with E-state index in [2.05, 4.69) is 9.71 Å². The van der Waals surface area contributed by atoms with Crippen LogP contribution in [0.3, 0.4) is 0 Å². The van der Waals surface area contributed by atoms with Crippen molar-refractivity contribution >= 4 is 37.8 Å². The molecule has 5 rings (SSSR count). The molecule has 3 aromatic carbocycles. The SMILES string of the molecule is COc1c(-c2ccc3cc(NS(C)(=O)=O)ccc3c2)cc(-n2ccc(=O)[nH]c2=O)cc1-c1cccs1. The number of hydrogen-bond donors (Lipinski definition) is 2. The van der Waals surface area contributed by atoms with Crippen molar-refractivity contribution in [1.29, 1.82) is 0 Å². The van der Waals surface area contributed by atoms with Crippen molar-refractivity contribution in [2.75, 3.05) is 18.1 Å². The fourth-order valence-corrected chi connectivity index (χ4v) is 5.41. The van der Waals surface area contributed by atoms with Gasteiger partial charge in [0.1, 0.15) is 5.75 Å². The Labute approximate surface area is 210 Å². The summed E-state index contributed by atoms with van der Waals surface area (Å²) in [6.45, 7) is 0. The molecule has 0 atom stereocenters. The van der Waals surface area contributed by atoms with E-state index < -0.39 is 21.3 Å². The van der Waals surface area contributed by atoms with Crippen LogP contribution in [0.4, 0.5) is 5.69 Å². The molecule has 2 N–H and O–H groups in total. The quantitative estimate of drug-likeness (QED) is 0.344. The molecule has 36 heavy (non-hydrogen) atoms. The van der Waals surface area contributed by atoms with Crippen LogP contribution >= 0.6 is 11.3 Å². The fraction of sp³-hybridized carbons (Fsp3) is 0.0769. The van der Waals surface area contributed by atoms with Crippen LogP contribution in [0, 0.1) is 0 Å². The van der Waals surface area contributed by atoms with Crippen molar-refractivity contribution in [3.63, 3.8) is 0 Å². The van der Waals surface area contributed by atoms with Gasteiger partial charge in [-0.1, -0.05) is 24.3 Å². The molecular weight excluding hydrogens is 498 g/mol. The van der Waals surface area contributed by atoms with Crippen molar-refractivity contribution in [3.05, 3.63) is 99.1 Å². The number of ether oxygens (including phenoxy) is 1. The molecule has 5 aromatic rings. The smallest absolute Gasteiger partial charge is 0.332 e. The van der Waals surface area contributed by atoms with Gasteiger partial charge in [0, 0.05) is 34.0 Å². The zero-order valence-electron chi connectivity index (χ0n) is 19.3. The number of methoxy groups -OCH3 is 1. The second kappa shape index (κ2) is 9.14. The molecule has 0 radical (unpaired) electrons. The van der Waals surface area contributed by atoms with E-state index in [9.17, 15) is 18.0 Å². The van der Waals surface area contributed by atoms with E-state index in [4.69, 9.17) is 4.74 Å². The Morgan fingerprint density at radius 3 is 2.39 bits per heavy atom. The lowest BCUT2D eigenvalue weighted by Crippen LogP contribution is -2.27. The van der Waals surface area contributed by atoms with Crippen LogP contribution in [0.15, 0.2) is 87.9 Å². The summed E-state index contributed by atoms with van der Waals surface area (Å²) in [5.74, 6) is 0.647. The number of rotatable bonds is 6. The number of thiophene rings is 1. The molecule has 0 unspecified atom stereocenters. The average Bonchev–Trinajstić information content (AvgIpc) is 3.37. The van der Waals surface area contributed by atoms with Crippen LogP contribution in [-0.2, 0) is 10.0 Å². The van der Waals surface area contributed by atoms with E-state index >= 15 is 0 Å². The minimum absolute atomic E-state index is 0.470. The highest BCUT2D eigenvalue weighted by atomic mass is 32.2. The van der Waals surface area contributed by atoms with Crippen molar-refractivity contribution in [2.24, 2.45) is 0 Å². The van der Waals surface area contributed by atoms with Gasteiger partial charge in [-0.15, -0.1) is 11.3 Å². The summed E-state index contributed by atoms with van der Waals surface area (Å²) in [5.41, 5.74) is 2.46. The van der Waals surface area contributed by atoms with Gasteiger partial charge in [-0.05, 0) is 58.1 Å². The first-order valence-electron chi connectivity index (χ1n) is 10.8. The molecule has 0 aliphatic heterocycles. The lowest BCUT2D eigenvalue weighted by atomic mass is 9.96. The summed E-state index contributed by atoms with van der Waals surface area (Å²) >= 11 is 1.55. The highest BCUT2D eigenvalue weighted by molar-refractivity contribution is 7.92. The van der Waals surface area contributed by atoms with Crippen LogP contribution in [0.25, 0.3) is 38.0 Å². The minimum atomic E-state index is -3.39. The maximum atomic E-state index is 12.6. The number of nitrogens with zero attached hydrogens (tertiary/aromatic N) is 1. The fourth-order valence-electron chi connectivity index (χ4n) is 4.11. The number of H-pyrrole nitrogens is 1. The number of fused-ring (bicyclic) bond motifs is 1. The molecule has 10 heteroatoms. The van der Waals surface area contributed by atoms with Crippen molar-refractivity contribution < 1.29 is 13.2 Å². The predicted molar refractivity (Wildman–Crippen MR) is 144 cm³/mol. The van der Waals surface area contributed by atoms with Crippen molar-refractivity contribution in [2.45, 2.75) is 0 Å². The van der Waals surface area contributed by atoms with E-state index in [1.807, 2.05) is 53.9 Å². The average molecular weight is 520 g/mol. The van der Waals surface area contributed by atoms with Gasteiger partial charge in [0.15, 0.2) is 0 Å². The zero-order chi connectivity index (χ0) is 25.4. The molecule has 0 spiro atoms. The largest absolute Gasteiger partial charge is 0.495 e. The van der Waals surface area contributed by atoms with Crippen LogP contribution in [-0.4, -0.2) is 31.3 Å². The number of aromatic nitrogens is 2. The molecule has 0 aliphatic carbocycles. The Balaban J connectivity index is 1.72. The Hall–Kier alpha value is -4.15. The van der Waals surface area contributed by atoms with Gasteiger partial charge in [-0.2, -0.15) is 0 Å². The summed E-state index contributed by atoms with van der Waals surface area (Å²) in [6.07, 6.45) is 2.56.